The van der Waals surface area contributed by atoms with Gasteiger partial charge in [-0.05, 0) is 43.5 Å². The Hall–Kier alpha value is -1.12. The molecule has 0 fully saturated rings. The molecule has 0 radical (unpaired) electrons. The molecule has 0 amide bonds. The van der Waals surface area contributed by atoms with Crippen molar-refractivity contribution < 1.29 is 5.11 Å². The zero-order valence-corrected chi connectivity index (χ0v) is 12.1. The van der Waals surface area contributed by atoms with Gasteiger partial charge in [0.25, 0.3) is 0 Å². The highest BCUT2D eigenvalue weighted by Crippen LogP contribution is 2.30. The highest BCUT2D eigenvalue weighted by molar-refractivity contribution is 7.12. The van der Waals surface area contributed by atoms with Crippen molar-refractivity contribution in [3.8, 4) is 0 Å². The first kappa shape index (κ1) is 13.3. The SMILES string of the molecule is CCc1ccc(CC(C)(O)c2ccccc2C)s1. The van der Waals surface area contributed by atoms with Gasteiger partial charge in [-0.15, -0.1) is 11.3 Å². The van der Waals surface area contributed by atoms with Crippen molar-refractivity contribution in [2.75, 3.05) is 0 Å². The van der Waals surface area contributed by atoms with E-state index in [2.05, 4.69) is 32.0 Å². The van der Waals surface area contributed by atoms with E-state index in [0.29, 0.717) is 6.42 Å². The molecule has 1 unspecified atom stereocenters. The zero-order valence-electron chi connectivity index (χ0n) is 11.2. The second-order valence-electron chi connectivity index (χ2n) is 4.99. The van der Waals surface area contributed by atoms with E-state index in [9.17, 15) is 5.11 Å². The molecule has 0 aliphatic carbocycles. The summed E-state index contributed by atoms with van der Waals surface area (Å²) in [4.78, 5) is 2.63. The van der Waals surface area contributed by atoms with Crippen LogP contribution in [-0.2, 0) is 18.4 Å². The largest absolute Gasteiger partial charge is 0.385 e. The first-order valence-corrected chi connectivity index (χ1v) is 7.20. The first-order valence-electron chi connectivity index (χ1n) is 6.39. The number of rotatable bonds is 4. The first-order chi connectivity index (χ1) is 8.53. The van der Waals surface area contributed by atoms with E-state index in [1.165, 1.54) is 9.75 Å². The number of thiophene rings is 1. The molecule has 0 aliphatic heterocycles. The second kappa shape index (κ2) is 5.25. The molecule has 2 rings (SSSR count). The van der Waals surface area contributed by atoms with Crippen molar-refractivity contribution in [3.63, 3.8) is 0 Å². The highest BCUT2D eigenvalue weighted by atomic mass is 32.1. The molecular formula is C16H20OS. The van der Waals surface area contributed by atoms with Gasteiger partial charge in [0.1, 0.15) is 0 Å². The van der Waals surface area contributed by atoms with Crippen LogP contribution in [0.2, 0.25) is 0 Å². The van der Waals surface area contributed by atoms with Crippen LogP contribution in [0.25, 0.3) is 0 Å². The Morgan fingerprint density at radius 3 is 2.39 bits per heavy atom. The number of aliphatic hydroxyl groups is 1. The lowest BCUT2D eigenvalue weighted by atomic mass is 9.89. The summed E-state index contributed by atoms with van der Waals surface area (Å²) < 4.78 is 0. The Labute approximate surface area is 113 Å². The van der Waals surface area contributed by atoms with Crippen molar-refractivity contribution in [1.29, 1.82) is 0 Å². The van der Waals surface area contributed by atoms with Gasteiger partial charge in [-0.25, -0.2) is 0 Å². The third kappa shape index (κ3) is 2.82. The van der Waals surface area contributed by atoms with E-state index in [-0.39, 0.29) is 0 Å². The molecule has 1 N–H and O–H groups in total. The molecule has 18 heavy (non-hydrogen) atoms. The molecule has 0 bridgehead atoms. The van der Waals surface area contributed by atoms with E-state index in [4.69, 9.17) is 0 Å². The van der Waals surface area contributed by atoms with E-state index in [1.54, 1.807) is 11.3 Å². The van der Waals surface area contributed by atoms with Crippen LogP contribution in [0.5, 0.6) is 0 Å². The minimum Gasteiger partial charge on any atom is -0.385 e. The molecule has 0 saturated carbocycles. The molecule has 1 aromatic carbocycles. The fourth-order valence-electron chi connectivity index (χ4n) is 2.32. The number of hydrogen-bond donors (Lipinski definition) is 1. The van der Waals surface area contributed by atoms with Crippen LogP contribution in [0.1, 0.15) is 34.7 Å². The van der Waals surface area contributed by atoms with Gasteiger partial charge in [0, 0.05) is 16.2 Å². The molecule has 2 heteroatoms. The van der Waals surface area contributed by atoms with Gasteiger partial charge in [-0.2, -0.15) is 0 Å². The fraction of sp³-hybridized carbons (Fsp3) is 0.375. The van der Waals surface area contributed by atoms with Gasteiger partial charge in [0.15, 0.2) is 0 Å². The summed E-state index contributed by atoms with van der Waals surface area (Å²) in [5.41, 5.74) is 1.38. The molecule has 0 aliphatic rings. The minimum atomic E-state index is -0.790. The van der Waals surface area contributed by atoms with Gasteiger partial charge in [-0.3, -0.25) is 0 Å². The number of hydrogen-bond acceptors (Lipinski definition) is 2. The van der Waals surface area contributed by atoms with Crippen molar-refractivity contribution in [1.82, 2.24) is 0 Å². The van der Waals surface area contributed by atoms with Gasteiger partial charge < -0.3 is 5.11 Å². The zero-order chi connectivity index (χ0) is 13.2. The summed E-state index contributed by atoms with van der Waals surface area (Å²) in [6.45, 7) is 6.12. The minimum absolute atomic E-state index is 0.683. The molecule has 0 saturated heterocycles. The molecule has 1 aromatic heterocycles. The van der Waals surface area contributed by atoms with Crippen molar-refractivity contribution >= 4 is 11.3 Å². The molecule has 0 spiro atoms. The number of benzene rings is 1. The summed E-state index contributed by atoms with van der Waals surface area (Å²) in [6, 6.07) is 12.4. The van der Waals surface area contributed by atoms with Crippen LogP contribution in [0.3, 0.4) is 0 Å². The Bertz CT molecular complexity index is 525. The smallest absolute Gasteiger partial charge is 0.0919 e. The molecule has 2 aromatic rings. The second-order valence-corrected chi connectivity index (χ2v) is 6.24. The Morgan fingerprint density at radius 2 is 1.78 bits per heavy atom. The molecule has 1 atom stereocenters. The van der Waals surface area contributed by atoms with E-state index in [1.807, 2.05) is 25.1 Å². The summed E-state index contributed by atoms with van der Waals surface area (Å²) in [5.74, 6) is 0. The molecule has 1 nitrogen and oxygen atoms in total. The maximum atomic E-state index is 10.7. The van der Waals surface area contributed by atoms with Crippen molar-refractivity contribution in [2.45, 2.75) is 39.2 Å². The van der Waals surface area contributed by atoms with Crippen molar-refractivity contribution in [2.24, 2.45) is 0 Å². The lowest BCUT2D eigenvalue weighted by Gasteiger charge is -2.25. The van der Waals surface area contributed by atoms with E-state index < -0.39 is 5.60 Å². The van der Waals surface area contributed by atoms with Gasteiger partial charge in [0.2, 0.25) is 0 Å². The van der Waals surface area contributed by atoms with Crippen molar-refractivity contribution in [3.05, 3.63) is 57.3 Å². The van der Waals surface area contributed by atoms with Crippen LogP contribution in [0.4, 0.5) is 0 Å². The predicted molar refractivity (Wildman–Crippen MR) is 78.2 cm³/mol. The molecule has 96 valence electrons. The maximum absolute atomic E-state index is 10.7. The quantitative estimate of drug-likeness (QED) is 0.878. The average molecular weight is 260 g/mol. The number of aryl methyl sites for hydroxylation is 2. The Morgan fingerprint density at radius 1 is 1.11 bits per heavy atom. The Kier molecular flexibility index (Phi) is 3.88. The van der Waals surface area contributed by atoms with Crippen LogP contribution in [-0.4, -0.2) is 5.11 Å². The monoisotopic (exact) mass is 260 g/mol. The highest BCUT2D eigenvalue weighted by Gasteiger charge is 2.25. The topological polar surface area (TPSA) is 20.2 Å². The third-order valence-electron chi connectivity index (χ3n) is 3.31. The van der Waals surface area contributed by atoms with Crippen LogP contribution in [0, 0.1) is 6.92 Å². The van der Waals surface area contributed by atoms with E-state index in [0.717, 1.165) is 17.5 Å². The predicted octanol–water partition coefficient (Wildman–Crippen LogP) is 4.07. The molecule has 1 heterocycles. The third-order valence-corrected chi connectivity index (χ3v) is 4.54. The lowest BCUT2D eigenvalue weighted by molar-refractivity contribution is 0.0578. The maximum Gasteiger partial charge on any atom is 0.0919 e. The summed E-state index contributed by atoms with van der Waals surface area (Å²) in [7, 11) is 0. The summed E-state index contributed by atoms with van der Waals surface area (Å²) in [6.07, 6.45) is 1.75. The van der Waals surface area contributed by atoms with Crippen LogP contribution in [0.15, 0.2) is 36.4 Å². The lowest BCUT2D eigenvalue weighted by Crippen LogP contribution is -2.24. The van der Waals surface area contributed by atoms with Gasteiger partial charge in [0.05, 0.1) is 5.60 Å². The van der Waals surface area contributed by atoms with Gasteiger partial charge >= 0.3 is 0 Å². The standard InChI is InChI=1S/C16H20OS/c1-4-13-9-10-14(18-13)11-16(3,17)15-8-6-5-7-12(15)2/h5-10,17H,4,11H2,1-3H3. The summed E-state index contributed by atoms with van der Waals surface area (Å²) in [5, 5.41) is 10.7. The van der Waals surface area contributed by atoms with Crippen LogP contribution >= 0.6 is 11.3 Å². The average Bonchev–Trinajstić information content (AvgIpc) is 2.76. The Balaban J connectivity index is 2.24. The normalized spacial score (nSPS) is 14.4. The van der Waals surface area contributed by atoms with Crippen LogP contribution < -0.4 is 0 Å². The van der Waals surface area contributed by atoms with E-state index >= 15 is 0 Å². The fourth-order valence-corrected chi connectivity index (χ4v) is 3.43. The van der Waals surface area contributed by atoms with Gasteiger partial charge in [-0.1, -0.05) is 31.2 Å². The molecular weight excluding hydrogens is 240 g/mol. The summed E-state index contributed by atoms with van der Waals surface area (Å²) >= 11 is 1.80.